The summed E-state index contributed by atoms with van der Waals surface area (Å²) in [7, 11) is 0. The Morgan fingerprint density at radius 2 is 2.18 bits per heavy atom. The van der Waals surface area contributed by atoms with Crippen LogP contribution >= 0.6 is 0 Å². The fourth-order valence-electron chi connectivity index (χ4n) is 1.83. The predicted octanol–water partition coefficient (Wildman–Crippen LogP) is 1.97. The van der Waals surface area contributed by atoms with Crippen LogP contribution in [0.3, 0.4) is 0 Å². The Morgan fingerprint density at radius 3 is 2.76 bits per heavy atom. The van der Waals surface area contributed by atoms with Gasteiger partial charge in [-0.1, -0.05) is 11.8 Å². The normalized spacial score (nSPS) is 24.0. The predicted molar refractivity (Wildman–Crippen MR) is 68.4 cm³/mol. The van der Waals surface area contributed by atoms with E-state index in [1.165, 1.54) is 0 Å². The zero-order valence-electron chi connectivity index (χ0n) is 11.3. The number of hydrogen-bond donors (Lipinski definition) is 1. The Kier molecular flexibility index (Phi) is 5.02. The van der Waals surface area contributed by atoms with E-state index in [1.54, 1.807) is 0 Å². The van der Waals surface area contributed by atoms with Gasteiger partial charge >= 0.3 is 5.97 Å². The molecule has 3 heteroatoms. The Morgan fingerprint density at radius 1 is 1.47 bits per heavy atom. The standard InChI is InChI=1S/C14H23NO2/c1-5-17-13(16)9-11-8-12(15-10-11)6-7-14(2,3)4/h11-12,15H,5,8-10H2,1-4H3/t11-,12?/m0/s1. The molecule has 0 bridgehead atoms. The molecule has 0 saturated carbocycles. The van der Waals surface area contributed by atoms with E-state index in [-0.39, 0.29) is 17.4 Å². The minimum Gasteiger partial charge on any atom is -0.466 e. The van der Waals surface area contributed by atoms with Gasteiger partial charge in [0, 0.05) is 11.8 Å². The van der Waals surface area contributed by atoms with Gasteiger partial charge in [0.25, 0.3) is 0 Å². The van der Waals surface area contributed by atoms with Gasteiger partial charge in [-0.15, -0.1) is 0 Å². The molecule has 1 heterocycles. The average molecular weight is 237 g/mol. The molecule has 1 fully saturated rings. The molecule has 96 valence electrons. The van der Waals surface area contributed by atoms with Crippen LogP contribution in [0, 0.1) is 23.2 Å². The van der Waals surface area contributed by atoms with E-state index in [2.05, 4.69) is 37.9 Å². The summed E-state index contributed by atoms with van der Waals surface area (Å²) in [4.78, 5) is 11.3. The number of esters is 1. The Balaban J connectivity index is 2.37. The van der Waals surface area contributed by atoms with Crippen molar-refractivity contribution in [2.75, 3.05) is 13.2 Å². The number of nitrogens with one attached hydrogen (secondary N) is 1. The smallest absolute Gasteiger partial charge is 0.306 e. The molecular formula is C14H23NO2. The van der Waals surface area contributed by atoms with E-state index >= 15 is 0 Å². The highest BCUT2D eigenvalue weighted by atomic mass is 16.5. The number of ether oxygens (including phenoxy) is 1. The average Bonchev–Trinajstić information content (AvgIpc) is 2.62. The number of hydrogen-bond acceptors (Lipinski definition) is 3. The molecule has 0 aliphatic carbocycles. The van der Waals surface area contributed by atoms with E-state index in [0.717, 1.165) is 13.0 Å². The zero-order chi connectivity index (χ0) is 12.9. The monoisotopic (exact) mass is 237 g/mol. The third-order valence-corrected chi connectivity index (χ3v) is 2.60. The van der Waals surface area contributed by atoms with Crippen LogP contribution in [0.4, 0.5) is 0 Å². The van der Waals surface area contributed by atoms with E-state index in [0.29, 0.717) is 18.9 Å². The SMILES string of the molecule is CCOC(=O)C[C@H]1CNC(C#CC(C)(C)C)C1. The van der Waals surface area contributed by atoms with Crippen molar-refractivity contribution in [3.63, 3.8) is 0 Å². The van der Waals surface area contributed by atoms with Crippen LogP contribution in [0.2, 0.25) is 0 Å². The molecule has 1 saturated heterocycles. The first-order valence-corrected chi connectivity index (χ1v) is 6.32. The maximum atomic E-state index is 11.3. The lowest BCUT2D eigenvalue weighted by atomic mass is 9.96. The van der Waals surface area contributed by atoms with Crippen LogP contribution in [0.15, 0.2) is 0 Å². The molecule has 1 unspecified atom stereocenters. The molecule has 0 aromatic carbocycles. The summed E-state index contributed by atoms with van der Waals surface area (Å²) in [6, 6.07) is 0.230. The Bertz CT molecular complexity index is 319. The molecule has 1 rings (SSSR count). The van der Waals surface area contributed by atoms with Gasteiger partial charge in [-0.05, 0) is 46.6 Å². The van der Waals surface area contributed by atoms with Gasteiger partial charge in [0.05, 0.1) is 12.6 Å². The number of rotatable bonds is 3. The summed E-state index contributed by atoms with van der Waals surface area (Å²) in [5.74, 6) is 6.75. The number of carbonyl (C=O) groups excluding carboxylic acids is 1. The van der Waals surface area contributed by atoms with Crippen molar-refractivity contribution in [2.45, 2.75) is 46.6 Å². The van der Waals surface area contributed by atoms with Crippen molar-refractivity contribution < 1.29 is 9.53 Å². The maximum Gasteiger partial charge on any atom is 0.306 e. The van der Waals surface area contributed by atoms with E-state index in [9.17, 15) is 4.79 Å². The minimum absolute atomic E-state index is 0.0426. The second-order valence-electron chi connectivity index (χ2n) is 5.59. The molecule has 0 aromatic rings. The number of carbonyl (C=O) groups is 1. The highest BCUT2D eigenvalue weighted by molar-refractivity contribution is 5.69. The van der Waals surface area contributed by atoms with Gasteiger partial charge < -0.3 is 10.1 Å². The zero-order valence-corrected chi connectivity index (χ0v) is 11.3. The molecule has 0 spiro atoms. The first-order chi connectivity index (χ1) is 7.90. The molecule has 0 radical (unpaired) electrons. The molecule has 1 aliphatic heterocycles. The van der Waals surface area contributed by atoms with E-state index < -0.39 is 0 Å². The lowest BCUT2D eigenvalue weighted by Gasteiger charge is -2.09. The lowest BCUT2D eigenvalue weighted by Crippen LogP contribution is -2.20. The van der Waals surface area contributed by atoms with E-state index in [1.807, 2.05) is 6.92 Å². The van der Waals surface area contributed by atoms with Gasteiger partial charge in [0.15, 0.2) is 0 Å². The summed E-state index contributed by atoms with van der Waals surface area (Å²) in [5.41, 5.74) is 0.0426. The first-order valence-electron chi connectivity index (χ1n) is 6.32. The fourth-order valence-corrected chi connectivity index (χ4v) is 1.83. The maximum absolute atomic E-state index is 11.3. The van der Waals surface area contributed by atoms with Crippen LogP contribution in [-0.2, 0) is 9.53 Å². The summed E-state index contributed by atoms with van der Waals surface area (Å²) in [5, 5.41) is 3.35. The summed E-state index contributed by atoms with van der Waals surface area (Å²) in [6.07, 6.45) is 1.45. The molecule has 2 atom stereocenters. The van der Waals surface area contributed by atoms with Crippen LogP contribution in [0.1, 0.15) is 40.5 Å². The van der Waals surface area contributed by atoms with Crippen molar-refractivity contribution in [3.05, 3.63) is 0 Å². The minimum atomic E-state index is -0.0938. The molecule has 0 aromatic heterocycles. The highest BCUT2D eigenvalue weighted by Gasteiger charge is 2.25. The molecule has 1 N–H and O–H groups in total. The van der Waals surface area contributed by atoms with Gasteiger partial charge in [0.1, 0.15) is 0 Å². The molecule has 0 amide bonds. The van der Waals surface area contributed by atoms with Crippen LogP contribution in [0.5, 0.6) is 0 Å². The molecular weight excluding hydrogens is 214 g/mol. The van der Waals surface area contributed by atoms with Crippen LogP contribution in [-0.4, -0.2) is 25.2 Å². The molecule has 3 nitrogen and oxygen atoms in total. The second kappa shape index (κ2) is 6.07. The molecule has 1 aliphatic rings. The second-order valence-corrected chi connectivity index (χ2v) is 5.59. The Hall–Kier alpha value is -1.01. The van der Waals surface area contributed by atoms with Crippen molar-refractivity contribution in [3.8, 4) is 11.8 Å². The third-order valence-electron chi connectivity index (χ3n) is 2.60. The van der Waals surface area contributed by atoms with Gasteiger partial charge in [0.2, 0.25) is 0 Å². The third kappa shape index (κ3) is 5.74. The lowest BCUT2D eigenvalue weighted by molar-refractivity contribution is -0.144. The first kappa shape index (κ1) is 14.1. The summed E-state index contributed by atoms with van der Waals surface area (Å²) < 4.78 is 4.95. The van der Waals surface area contributed by atoms with Crippen molar-refractivity contribution in [1.29, 1.82) is 0 Å². The largest absolute Gasteiger partial charge is 0.466 e. The van der Waals surface area contributed by atoms with Crippen LogP contribution in [0.25, 0.3) is 0 Å². The van der Waals surface area contributed by atoms with Gasteiger partial charge in [-0.2, -0.15) is 0 Å². The molecule has 17 heavy (non-hydrogen) atoms. The van der Waals surface area contributed by atoms with Gasteiger partial charge in [-0.25, -0.2) is 0 Å². The van der Waals surface area contributed by atoms with E-state index in [4.69, 9.17) is 4.74 Å². The topological polar surface area (TPSA) is 38.3 Å². The summed E-state index contributed by atoms with van der Waals surface area (Å²) in [6.45, 7) is 9.47. The van der Waals surface area contributed by atoms with Crippen molar-refractivity contribution in [2.24, 2.45) is 11.3 Å². The van der Waals surface area contributed by atoms with Gasteiger partial charge in [-0.3, -0.25) is 4.79 Å². The van der Waals surface area contributed by atoms with Crippen molar-refractivity contribution >= 4 is 5.97 Å². The van der Waals surface area contributed by atoms with Crippen LogP contribution < -0.4 is 5.32 Å². The highest BCUT2D eigenvalue weighted by Crippen LogP contribution is 2.18. The fraction of sp³-hybridized carbons (Fsp3) is 0.786. The summed E-state index contributed by atoms with van der Waals surface area (Å²) >= 11 is 0. The quantitative estimate of drug-likeness (QED) is 0.602. The Labute approximate surface area is 104 Å². The van der Waals surface area contributed by atoms with Crippen molar-refractivity contribution in [1.82, 2.24) is 5.32 Å².